The fourth-order valence-electron chi connectivity index (χ4n) is 4.29. The summed E-state index contributed by atoms with van der Waals surface area (Å²) in [4.78, 5) is 9.97. The first-order valence-electron chi connectivity index (χ1n) is 11.0. The zero-order valence-electron chi connectivity index (χ0n) is 18.5. The highest BCUT2D eigenvalue weighted by molar-refractivity contribution is 5.96. The zero-order valence-corrected chi connectivity index (χ0v) is 18.5. The van der Waals surface area contributed by atoms with Gasteiger partial charge in [0.2, 0.25) is 0 Å². The summed E-state index contributed by atoms with van der Waals surface area (Å²) in [6, 6.07) is 11.6. The fourth-order valence-corrected chi connectivity index (χ4v) is 4.29. The summed E-state index contributed by atoms with van der Waals surface area (Å²) < 4.78 is 0. The molecule has 3 nitrogen and oxygen atoms in total. The average Bonchev–Trinajstić information content (AvgIpc) is 2.73. The van der Waals surface area contributed by atoms with Crippen LogP contribution in [0.1, 0.15) is 52.7 Å². The summed E-state index contributed by atoms with van der Waals surface area (Å²) in [5, 5.41) is 2.50. The van der Waals surface area contributed by atoms with Gasteiger partial charge in [-0.25, -0.2) is 4.98 Å². The second-order valence-electron chi connectivity index (χ2n) is 7.39. The first-order chi connectivity index (χ1) is 13.6. The molecule has 0 fully saturated rings. The molecular formula is C25H35N3. The van der Waals surface area contributed by atoms with E-state index in [9.17, 15) is 0 Å². The molecule has 0 saturated carbocycles. The van der Waals surface area contributed by atoms with Crippen LogP contribution < -0.4 is 9.80 Å². The molecule has 0 aliphatic rings. The lowest BCUT2D eigenvalue weighted by Crippen LogP contribution is -2.23. The summed E-state index contributed by atoms with van der Waals surface area (Å²) in [6.07, 6.45) is 2.09. The Morgan fingerprint density at radius 1 is 0.571 bits per heavy atom. The van der Waals surface area contributed by atoms with Gasteiger partial charge in [0.1, 0.15) is 0 Å². The maximum atomic E-state index is 5.10. The molecule has 0 aliphatic heterocycles. The highest BCUT2D eigenvalue weighted by Crippen LogP contribution is 2.32. The van der Waals surface area contributed by atoms with Gasteiger partial charge in [-0.1, -0.05) is 13.8 Å². The van der Waals surface area contributed by atoms with Crippen molar-refractivity contribution in [3.8, 4) is 0 Å². The number of pyridine rings is 1. The highest BCUT2D eigenvalue weighted by atomic mass is 15.1. The minimum absolute atomic E-state index is 1.02. The van der Waals surface area contributed by atoms with E-state index < -0.39 is 0 Å². The zero-order chi connectivity index (χ0) is 20.3. The van der Waals surface area contributed by atoms with Gasteiger partial charge < -0.3 is 9.80 Å². The first kappa shape index (κ1) is 20.4. The number of anilines is 2. The summed E-state index contributed by atoms with van der Waals surface area (Å²) in [5.41, 5.74) is 7.69. The SMILES string of the molecule is CCc1cc2cc3cc(CC)c(N(CC)CC)cc3nc2cc1N(CC)CC. The van der Waals surface area contributed by atoms with Crippen molar-refractivity contribution in [2.45, 2.75) is 54.4 Å². The number of aryl methyl sites for hydroxylation is 2. The number of nitrogens with zero attached hydrogens (tertiary/aromatic N) is 3. The van der Waals surface area contributed by atoms with E-state index in [1.807, 2.05) is 0 Å². The number of aromatic nitrogens is 1. The summed E-state index contributed by atoms with van der Waals surface area (Å²) >= 11 is 0. The maximum Gasteiger partial charge on any atom is 0.0730 e. The molecule has 3 heteroatoms. The Labute approximate surface area is 170 Å². The topological polar surface area (TPSA) is 19.4 Å². The molecule has 0 spiro atoms. The van der Waals surface area contributed by atoms with Crippen LogP contribution >= 0.6 is 0 Å². The summed E-state index contributed by atoms with van der Waals surface area (Å²) in [7, 11) is 0. The lowest BCUT2D eigenvalue weighted by molar-refractivity contribution is 0.856. The third-order valence-corrected chi connectivity index (χ3v) is 5.98. The van der Waals surface area contributed by atoms with Gasteiger partial charge in [0, 0.05) is 48.3 Å². The Balaban J connectivity index is 2.25. The molecule has 28 heavy (non-hydrogen) atoms. The molecule has 0 N–H and O–H groups in total. The monoisotopic (exact) mass is 377 g/mol. The van der Waals surface area contributed by atoms with Gasteiger partial charge in [0.15, 0.2) is 0 Å². The van der Waals surface area contributed by atoms with E-state index in [1.54, 1.807) is 0 Å². The smallest absolute Gasteiger partial charge is 0.0730 e. The highest BCUT2D eigenvalue weighted by Gasteiger charge is 2.13. The van der Waals surface area contributed by atoms with Crippen molar-refractivity contribution in [2.24, 2.45) is 0 Å². The predicted molar refractivity (Wildman–Crippen MR) is 125 cm³/mol. The molecule has 0 amide bonds. The van der Waals surface area contributed by atoms with Crippen molar-refractivity contribution in [3.05, 3.63) is 41.5 Å². The fraction of sp³-hybridized carbons (Fsp3) is 0.480. The summed E-state index contributed by atoms with van der Waals surface area (Å²) in [6.45, 7) is 17.5. The Kier molecular flexibility index (Phi) is 6.43. The molecule has 150 valence electrons. The Morgan fingerprint density at radius 2 is 0.964 bits per heavy atom. The molecule has 3 rings (SSSR count). The molecule has 3 aromatic rings. The Morgan fingerprint density at radius 3 is 1.29 bits per heavy atom. The molecule has 0 bridgehead atoms. The molecule has 2 aromatic carbocycles. The van der Waals surface area contributed by atoms with Crippen LogP contribution in [-0.2, 0) is 12.8 Å². The number of benzene rings is 2. The van der Waals surface area contributed by atoms with Crippen molar-refractivity contribution in [1.82, 2.24) is 4.98 Å². The maximum absolute atomic E-state index is 5.10. The lowest BCUT2D eigenvalue weighted by atomic mass is 10.0. The van der Waals surface area contributed by atoms with Crippen LogP contribution in [0.2, 0.25) is 0 Å². The van der Waals surface area contributed by atoms with Crippen LogP contribution in [-0.4, -0.2) is 31.2 Å². The average molecular weight is 378 g/mol. The summed E-state index contributed by atoms with van der Waals surface area (Å²) in [5.74, 6) is 0. The van der Waals surface area contributed by atoms with Crippen LogP contribution in [0, 0.1) is 0 Å². The number of rotatable bonds is 8. The molecule has 1 heterocycles. The standard InChI is InChI=1S/C25H35N3/c1-7-18-13-20-15-21-14-19(8-2)25(28(11-5)12-6)17-23(21)26-22(20)16-24(18)27(9-3)10-4/h13-17H,7-12H2,1-6H3. The van der Waals surface area contributed by atoms with Gasteiger partial charge in [0.05, 0.1) is 11.0 Å². The van der Waals surface area contributed by atoms with Crippen molar-refractivity contribution < 1.29 is 0 Å². The van der Waals surface area contributed by atoms with Crippen LogP contribution in [0.25, 0.3) is 21.8 Å². The second-order valence-corrected chi connectivity index (χ2v) is 7.39. The quantitative estimate of drug-likeness (QED) is 0.435. The van der Waals surface area contributed by atoms with Gasteiger partial charge in [-0.2, -0.15) is 0 Å². The first-order valence-corrected chi connectivity index (χ1v) is 11.0. The molecular weight excluding hydrogens is 342 g/mol. The van der Waals surface area contributed by atoms with Crippen molar-refractivity contribution in [2.75, 3.05) is 36.0 Å². The van der Waals surface area contributed by atoms with Crippen LogP contribution in [0.5, 0.6) is 0 Å². The van der Waals surface area contributed by atoms with Crippen molar-refractivity contribution in [1.29, 1.82) is 0 Å². The van der Waals surface area contributed by atoms with E-state index in [2.05, 4.69) is 81.7 Å². The Hall–Kier alpha value is -2.29. The number of hydrogen-bond acceptors (Lipinski definition) is 3. The predicted octanol–water partition coefficient (Wildman–Crippen LogP) is 6.21. The van der Waals surface area contributed by atoms with Crippen molar-refractivity contribution >= 4 is 33.2 Å². The lowest BCUT2D eigenvalue weighted by Gasteiger charge is -2.25. The van der Waals surface area contributed by atoms with Gasteiger partial charge in [0.25, 0.3) is 0 Å². The van der Waals surface area contributed by atoms with E-state index in [0.717, 1.165) is 50.1 Å². The molecule has 1 aromatic heterocycles. The van der Waals surface area contributed by atoms with E-state index in [1.165, 1.54) is 33.3 Å². The normalized spacial score (nSPS) is 11.4. The van der Waals surface area contributed by atoms with Gasteiger partial charge in [-0.15, -0.1) is 0 Å². The van der Waals surface area contributed by atoms with E-state index in [4.69, 9.17) is 4.98 Å². The van der Waals surface area contributed by atoms with E-state index in [-0.39, 0.29) is 0 Å². The second kappa shape index (κ2) is 8.81. The minimum Gasteiger partial charge on any atom is -0.372 e. The molecule has 0 radical (unpaired) electrons. The van der Waals surface area contributed by atoms with Crippen LogP contribution in [0.3, 0.4) is 0 Å². The van der Waals surface area contributed by atoms with E-state index in [0.29, 0.717) is 0 Å². The third-order valence-electron chi connectivity index (χ3n) is 5.98. The largest absolute Gasteiger partial charge is 0.372 e. The van der Waals surface area contributed by atoms with Gasteiger partial charge in [-0.3, -0.25) is 0 Å². The Bertz CT molecular complexity index is 878. The van der Waals surface area contributed by atoms with Crippen LogP contribution in [0.4, 0.5) is 11.4 Å². The van der Waals surface area contributed by atoms with E-state index >= 15 is 0 Å². The third kappa shape index (κ3) is 3.67. The minimum atomic E-state index is 1.02. The number of hydrogen-bond donors (Lipinski definition) is 0. The van der Waals surface area contributed by atoms with Crippen LogP contribution in [0.15, 0.2) is 30.3 Å². The molecule has 0 unspecified atom stereocenters. The van der Waals surface area contributed by atoms with Crippen molar-refractivity contribution in [3.63, 3.8) is 0 Å². The van der Waals surface area contributed by atoms with Gasteiger partial charge in [-0.05, 0) is 82.0 Å². The molecule has 0 atom stereocenters. The molecule has 0 aliphatic carbocycles. The van der Waals surface area contributed by atoms with Gasteiger partial charge >= 0.3 is 0 Å². The number of fused-ring (bicyclic) bond motifs is 2. The molecule has 0 saturated heterocycles.